The van der Waals surface area contributed by atoms with E-state index in [1.807, 2.05) is 0 Å². The zero-order valence-corrected chi connectivity index (χ0v) is 19.0. The molecule has 35 heavy (non-hydrogen) atoms. The number of carbonyl (C=O) groups excluding carboxylic acids is 3. The Morgan fingerprint density at radius 1 is 0.886 bits per heavy atom. The summed E-state index contributed by atoms with van der Waals surface area (Å²) in [6.07, 6.45) is 0. The maximum atomic E-state index is 12.0. The quantitative estimate of drug-likeness (QED) is 0.248. The molecule has 0 fully saturated rings. The molecule has 2 amide bonds. The minimum atomic E-state index is -0.663. The maximum Gasteiger partial charge on any atom is 0.325 e. The Labute approximate surface area is 205 Å². The number of nitro benzene ring substituents is 1. The molecule has 0 heterocycles. The van der Waals surface area contributed by atoms with Crippen LogP contribution in [0.3, 0.4) is 0 Å². The number of non-ortho nitro benzene ring substituents is 1. The van der Waals surface area contributed by atoms with Crippen molar-refractivity contribution in [3.8, 4) is 11.5 Å². The number of hydrogen-bond donors (Lipinski definition) is 2. The average molecular weight is 498 g/mol. The molecule has 3 rings (SSSR count). The van der Waals surface area contributed by atoms with Gasteiger partial charge in [-0.25, -0.2) is 0 Å². The average Bonchev–Trinajstić information content (AvgIpc) is 2.85. The van der Waals surface area contributed by atoms with Crippen molar-refractivity contribution in [1.29, 1.82) is 0 Å². The lowest BCUT2D eigenvalue weighted by Crippen LogP contribution is -2.39. The van der Waals surface area contributed by atoms with Crippen molar-refractivity contribution < 1.29 is 28.8 Å². The van der Waals surface area contributed by atoms with Crippen LogP contribution in [0.2, 0.25) is 5.02 Å². The number of nitro groups is 1. The van der Waals surface area contributed by atoms with Gasteiger partial charge in [-0.15, -0.1) is 0 Å². The van der Waals surface area contributed by atoms with Crippen molar-refractivity contribution in [3.63, 3.8) is 0 Å². The summed E-state index contributed by atoms with van der Waals surface area (Å²) in [7, 11) is 0. The molecule has 3 aromatic carbocycles. The second-order valence-electron chi connectivity index (χ2n) is 7.13. The summed E-state index contributed by atoms with van der Waals surface area (Å²) in [6.45, 7) is -0.731. The van der Waals surface area contributed by atoms with E-state index in [1.54, 1.807) is 36.4 Å². The van der Waals surface area contributed by atoms with Gasteiger partial charge in [-0.3, -0.25) is 24.5 Å². The molecule has 0 atom stereocenters. The second kappa shape index (κ2) is 12.1. The fourth-order valence-electron chi connectivity index (χ4n) is 2.78. The van der Waals surface area contributed by atoms with Crippen LogP contribution in [0.5, 0.6) is 11.5 Å². The van der Waals surface area contributed by atoms with E-state index in [0.29, 0.717) is 27.6 Å². The summed E-state index contributed by atoms with van der Waals surface area (Å²) in [5.74, 6) is -0.796. The number of ether oxygens (including phenoxy) is 2. The van der Waals surface area contributed by atoms with Crippen molar-refractivity contribution in [3.05, 3.63) is 99.1 Å². The van der Waals surface area contributed by atoms with Crippen LogP contribution in [0.25, 0.3) is 0 Å². The van der Waals surface area contributed by atoms with Crippen LogP contribution in [0.4, 0.5) is 5.69 Å². The monoisotopic (exact) mass is 497 g/mol. The highest BCUT2D eigenvalue weighted by Gasteiger charge is 2.11. The van der Waals surface area contributed by atoms with Crippen LogP contribution in [0.1, 0.15) is 15.9 Å². The summed E-state index contributed by atoms with van der Waals surface area (Å²) in [4.78, 5) is 46.0. The van der Waals surface area contributed by atoms with Gasteiger partial charge in [0.2, 0.25) is 5.91 Å². The zero-order chi connectivity index (χ0) is 25.2. The Kier molecular flexibility index (Phi) is 8.74. The fourth-order valence-corrected chi connectivity index (χ4v) is 2.91. The van der Waals surface area contributed by atoms with E-state index >= 15 is 0 Å². The standard InChI is InChI=1S/C24H20ClN3O7/c25-18-6-4-17(5-7-18)24(31)27-13-22(29)26-14-23(30)34-15-16-2-1-3-21(12-16)35-20-10-8-19(9-11-20)28(32)33/h1-12H,13-15H2,(H,26,29)(H,27,31). The smallest absolute Gasteiger partial charge is 0.325 e. The second-order valence-corrected chi connectivity index (χ2v) is 7.56. The molecule has 0 bridgehead atoms. The van der Waals surface area contributed by atoms with E-state index in [2.05, 4.69) is 10.6 Å². The molecule has 0 radical (unpaired) electrons. The maximum absolute atomic E-state index is 12.0. The summed E-state index contributed by atoms with van der Waals surface area (Å²) in [5, 5.41) is 16.0. The topological polar surface area (TPSA) is 137 Å². The van der Waals surface area contributed by atoms with Gasteiger partial charge in [0.15, 0.2) is 0 Å². The Morgan fingerprint density at radius 2 is 1.60 bits per heavy atom. The molecule has 0 aliphatic rings. The first-order valence-corrected chi connectivity index (χ1v) is 10.7. The molecule has 0 aromatic heterocycles. The highest BCUT2D eigenvalue weighted by molar-refractivity contribution is 6.30. The van der Waals surface area contributed by atoms with Crippen molar-refractivity contribution in [1.82, 2.24) is 10.6 Å². The molecule has 2 N–H and O–H groups in total. The number of carbonyl (C=O) groups is 3. The molecule has 0 aliphatic heterocycles. The highest BCUT2D eigenvalue weighted by Crippen LogP contribution is 2.24. The predicted octanol–water partition coefficient (Wildman–Crippen LogP) is 3.63. The van der Waals surface area contributed by atoms with Crippen molar-refractivity contribution in [2.45, 2.75) is 6.61 Å². The first kappa shape index (κ1) is 25.2. The SMILES string of the molecule is O=C(CNC(=O)c1ccc(Cl)cc1)NCC(=O)OCc1cccc(Oc2ccc([N+](=O)[O-])cc2)c1. The first-order chi connectivity index (χ1) is 16.8. The van der Waals surface area contributed by atoms with Gasteiger partial charge in [0.25, 0.3) is 11.6 Å². The van der Waals surface area contributed by atoms with Gasteiger partial charge in [0, 0.05) is 22.7 Å². The minimum Gasteiger partial charge on any atom is -0.460 e. The van der Waals surface area contributed by atoms with Gasteiger partial charge >= 0.3 is 5.97 Å². The lowest BCUT2D eigenvalue weighted by molar-refractivity contribution is -0.384. The Balaban J connectivity index is 1.39. The van der Waals surface area contributed by atoms with Crippen molar-refractivity contribution in [2.75, 3.05) is 13.1 Å². The summed E-state index contributed by atoms with van der Waals surface area (Å²) in [6, 6.07) is 18.6. The van der Waals surface area contributed by atoms with E-state index in [1.165, 1.54) is 36.4 Å². The lowest BCUT2D eigenvalue weighted by atomic mass is 10.2. The molecule has 0 spiro atoms. The third-order valence-corrected chi connectivity index (χ3v) is 4.78. The van der Waals surface area contributed by atoms with E-state index < -0.39 is 22.7 Å². The Bertz CT molecular complexity index is 1210. The summed E-state index contributed by atoms with van der Waals surface area (Å²) in [5.41, 5.74) is 0.940. The van der Waals surface area contributed by atoms with Crippen LogP contribution >= 0.6 is 11.6 Å². The normalized spacial score (nSPS) is 10.2. The first-order valence-electron chi connectivity index (χ1n) is 10.3. The van der Waals surface area contributed by atoms with E-state index in [9.17, 15) is 24.5 Å². The lowest BCUT2D eigenvalue weighted by Gasteiger charge is -2.09. The molecular formula is C24H20ClN3O7. The number of nitrogens with zero attached hydrogens (tertiary/aromatic N) is 1. The molecule has 11 heteroatoms. The Morgan fingerprint density at radius 3 is 2.29 bits per heavy atom. The third-order valence-electron chi connectivity index (χ3n) is 4.53. The molecule has 3 aromatic rings. The number of rotatable bonds is 10. The molecule has 180 valence electrons. The van der Waals surface area contributed by atoms with Crippen LogP contribution in [0.15, 0.2) is 72.8 Å². The molecular weight excluding hydrogens is 478 g/mol. The molecule has 0 saturated carbocycles. The van der Waals surface area contributed by atoms with Gasteiger partial charge in [0.05, 0.1) is 11.5 Å². The van der Waals surface area contributed by atoms with Crippen LogP contribution < -0.4 is 15.4 Å². The van der Waals surface area contributed by atoms with Gasteiger partial charge < -0.3 is 20.1 Å². The number of esters is 1. The predicted molar refractivity (Wildman–Crippen MR) is 126 cm³/mol. The summed E-state index contributed by atoms with van der Waals surface area (Å²) < 4.78 is 10.8. The highest BCUT2D eigenvalue weighted by atomic mass is 35.5. The zero-order valence-electron chi connectivity index (χ0n) is 18.2. The van der Waals surface area contributed by atoms with Crippen LogP contribution in [-0.2, 0) is 20.9 Å². The number of benzene rings is 3. The van der Waals surface area contributed by atoms with E-state index in [0.717, 1.165) is 0 Å². The number of halogens is 1. The molecule has 0 aliphatic carbocycles. The van der Waals surface area contributed by atoms with Gasteiger partial charge in [-0.2, -0.15) is 0 Å². The van der Waals surface area contributed by atoms with Gasteiger partial charge in [-0.1, -0.05) is 23.7 Å². The van der Waals surface area contributed by atoms with Gasteiger partial charge in [-0.05, 0) is 54.1 Å². The molecule has 0 unspecified atom stereocenters. The van der Waals surface area contributed by atoms with Crippen LogP contribution in [-0.4, -0.2) is 35.8 Å². The van der Waals surface area contributed by atoms with E-state index in [4.69, 9.17) is 21.1 Å². The third kappa shape index (κ3) is 8.13. The van der Waals surface area contributed by atoms with E-state index in [-0.39, 0.29) is 25.4 Å². The number of hydrogen-bond acceptors (Lipinski definition) is 7. The number of amides is 2. The molecule has 0 saturated heterocycles. The fraction of sp³-hybridized carbons (Fsp3) is 0.125. The molecule has 10 nitrogen and oxygen atoms in total. The summed E-state index contributed by atoms with van der Waals surface area (Å²) >= 11 is 5.77. The Hall–Kier alpha value is -4.44. The minimum absolute atomic E-state index is 0.0472. The largest absolute Gasteiger partial charge is 0.460 e. The van der Waals surface area contributed by atoms with Crippen LogP contribution in [0, 0.1) is 10.1 Å². The van der Waals surface area contributed by atoms with Crippen molar-refractivity contribution >= 4 is 35.1 Å². The number of nitrogens with one attached hydrogen (secondary N) is 2. The van der Waals surface area contributed by atoms with Gasteiger partial charge in [0.1, 0.15) is 24.7 Å². The van der Waals surface area contributed by atoms with Crippen molar-refractivity contribution in [2.24, 2.45) is 0 Å².